The normalized spacial score (nSPS) is 10.7. The summed E-state index contributed by atoms with van der Waals surface area (Å²) in [6.45, 7) is 5.72. The molecule has 1 heterocycles. The molecule has 0 radical (unpaired) electrons. The van der Waals surface area contributed by atoms with E-state index < -0.39 is 0 Å². The summed E-state index contributed by atoms with van der Waals surface area (Å²) in [5.41, 5.74) is 4.71. The van der Waals surface area contributed by atoms with Crippen LogP contribution in [0.4, 0.5) is 0 Å². The van der Waals surface area contributed by atoms with E-state index in [1.54, 1.807) is 11.8 Å². The van der Waals surface area contributed by atoms with Gasteiger partial charge < -0.3 is 10.1 Å². The van der Waals surface area contributed by atoms with Gasteiger partial charge in [0.2, 0.25) is 5.88 Å². The summed E-state index contributed by atoms with van der Waals surface area (Å²) in [5.74, 6) is 0.828. The summed E-state index contributed by atoms with van der Waals surface area (Å²) in [6.07, 6.45) is 0. The fraction of sp³-hybridized carbons (Fsp3) is 0.400. The highest BCUT2D eigenvalue weighted by atomic mass is 16.5. The van der Waals surface area contributed by atoms with Crippen molar-refractivity contribution in [2.24, 2.45) is 7.05 Å². The lowest BCUT2D eigenvalue weighted by Crippen LogP contribution is -2.13. The van der Waals surface area contributed by atoms with Crippen molar-refractivity contribution in [2.45, 2.75) is 26.9 Å². The Morgan fingerprint density at radius 3 is 2.74 bits per heavy atom. The first kappa shape index (κ1) is 13.6. The van der Waals surface area contributed by atoms with Gasteiger partial charge in [0, 0.05) is 20.1 Å². The lowest BCUT2D eigenvalue weighted by molar-refractivity contribution is 0.368. The van der Waals surface area contributed by atoms with Gasteiger partial charge in [0.15, 0.2) is 0 Å². The monoisotopic (exact) mass is 259 g/mol. The second kappa shape index (κ2) is 5.89. The van der Waals surface area contributed by atoms with E-state index in [0.29, 0.717) is 0 Å². The van der Waals surface area contributed by atoms with Crippen LogP contribution in [0.15, 0.2) is 24.3 Å². The highest BCUT2D eigenvalue weighted by molar-refractivity contribution is 5.31. The molecule has 1 aromatic carbocycles. The van der Waals surface area contributed by atoms with Gasteiger partial charge in [-0.1, -0.05) is 29.8 Å². The molecule has 19 heavy (non-hydrogen) atoms. The van der Waals surface area contributed by atoms with Crippen LogP contribution in [-0.4, -0.2) is 16.9 Å². The van der Waals surface area contributed by atoms with Gasteiger partial charge >= 0.3 is 0 Å². The van der Waals surface area contributed by atoms with Gasteiger partial charge in [-0.2, -0.15) is 5.10 Å². The van der Waals surface area contributed by atoms with E-state index >= 15 is 0 Å². The van der Waals surface area contributed by atoms with Crippen molar-refractivity contribution in [3.05, 3.63) is 46.6 Å². The largest absolute Gasteiger partial charge is 0.481 e. The number of hydrogen-bond acceptors (Lipinski definition) is 3. The van der Waals surface area contributed by atoms with Crippen LogP contribution in [0.25, 0.3) is 0 Å². The summed E-state index contributed by atoms with van der Waals surface area (Å²) in [7, 11) is 3.58. The molecule has 0 aliphatic heterocycles. The standard InChI is InChI=1S/C15H21N3O/c1-11-6-5-7-13(8-11)9-16-10-14-12(2)17-18(3)15(14)19-4/h5-8,16H,9-10H2,1-4H3. The Kier molecular flexibility index (Phi) is 4.22. The van der Waals surface area contributed by atoms with Crippen molar-refractivity contribution in [1.82, 2.24) is 15.1 Å². The van der Waals surface area contributed by atoms with Crippen LogP contribution in [0, 0.1) is 13.8 Å². The van der Waals surface area contributed by atoms with E-state index in [2.05, 4.69) is 41.6 Å². The van der Waals surface area contributed by atoms with Crippen LogP contribution in [0.1, 0.15) is 22.4 Å². The maximum absolute atomic E-state index is 5.38. The number of ether oxygens (including phenoxy) is 1. The van der Waals surface area contributed by atoms with Gasteiger partial charge in [0.1, 0.15) is 0 Å². The summed E-state index contributed by atoms with van der Waals surface area (Å²) in [4.78, 5) is 0. The molecular formula is C15H21N3O. The number of aryl methyl sites for hydroxylation is 3. The van der Waals surface area contributed by atoms with E-state index in [1.165, 1.54) is 11.1 Å². The topological polar surface area (TPSA) is 39.1 Å². The van der Waals surface area contributed by atoms with Crippen LogP contribution in [0.5, 0.6) is 5.88 Å². The molecule has 2 rings (SSSR count). The number of nitrogens with one attached hydrogen (secondary N) is 1. The third-order valence-corrected chi connectivity index (χ3v) is 3.20. The fourth-order valence-corrected chi connectivity index (χ4v) is 2.29. The number of rotatable bonds is 5. The third kappa shape index (κ3) is 3.15. The second-order valence-corrected chi connectivity index (χ2v) is 4.79. The van der Waals surface area contributed by atoms with E-state index in [1.807, 2.05) is 14.0 Å². The van der Waals surface area contributed by atoms with E-state index in [-0.39, 0.29) is 0 Å². The SMILES string of the molecule is COc1c(CNCc2cccc(C)c2)c(C)nn1C. The second-order valence-electron chi connectivity index (χ2n) is 4.79. The van der Waals surface area contributed by atoms with Crippen molar-refractivity contribution in [2.75, 3.05) is 7.11 Å². The highest BCUT2D eigenvalue weighted by Crippen LogP contribution is 2.20. The molecule has 0 aliphatic carbocycles. The Labute approximate surface area is 114 Å². The van der Waals surface area contributed by atoms with Crippen LogP contribution in [-0.2, 0) is 20.1 Å². The van der Waals surface area contributed by atoms with Crippen molar-refractivity contribution in [3.63, 3.8) is 0 Å². The van der Waals surface area contributed by atoms with Gasteiger partial charge in [0.25, 0.3) is 0 Å². The minimum Gasteiger partial charge on any atom is -0.481 e. The summed E-state index contributed by atoms with van der Waals surface area (Å²) >= 11 is 0. The predicted molar refractivity (Wildman–Crippen MR) is 76.2 cm³/mol. The molecule has 2 aromatic rings. The Balaban J connectivity index is 2.00. The van der Waals surface area contributed by atoms with Crippen molar-refractivity contribution in [3.8, 4) is 5.88 Å². The molecule has 0 unspecified atom stereocenters. The average Bonchev–Trinajstić information content (AvgIpc) is 2.64. The zero-order valence-corrected chi connectivity index (χ0v) is 12.0. The molecule has 0 saturated carbocycles. The molecule has 102 valence electrons. The van der Waals surface area contributed by atoms with E-state index in [4.69, 9.17) is 4.74 Å². The molecule has 1 N–H and O–H groups in total. The molecule has 4 heteroatoms. The van der Waals surface area contributed by atoms with Crippen LogP contribution in [0.3, 0.4) is 0 Å². The molecule has 0 bridgehead atoms. The van der Waals surface area contributed by atoms with Gasteiger partial charge in [-0.05, 0) is 19.4 Å². The minimum absolute atomic E-state index is 0.761. The number of benzene rings is 1. The fourth-order valence-electron chi connectivity index (χ4n) is 2.29. The molecule has 0 spiro atoms. The summed E-state index contributed by atoms with van der Waals surface area (Å²) in [6, 6.07) is 8.52. The Morgan fingerprint density at radius 2 is 2.05 bits per heavy atom. The van der Waals surface area contributed by atoms with Crippen molar-refractivity contribution < 1.29 is 4.74 Å². The van der Waals surface area contributed by atoms with Crippen LogP contribution < -0.4 is 10.1 Å². The van der Waals surface area contributed by atoms with Gasteiger partial charge in [-0.15, -0.1) is 0 Å². The quantitative estimate of drug-likeness (QED) is 0.895. The maximum atomic E-state index is 5.38. The lowest BCUT2D eigenvalue weighted by Gasteiger charge is -2.07. The van der Waals surface area contributed by atoms with Crippen molar-refractivity contribution in [1.29, 1.82) is 0 Å². The number of methoxy groups -OCH3 is 1. The van der Waals surface area contributed by atoms with Gasteiger partial charge in [0.05, 0.1) is 18.4 Å². The Morgan fingerprint density at radius 1 is 1.26 bits per heavy atom. The smallest absolute Gasteiger partial charge is 0.216 e. The summed E-state index contributed by atoms with van der Waals surface area (Å²) < 4.78 is 7.16. The average molecular weight is 259 g/mol. The van der Waals surface area contributed by atoms with Gasteiger partial charge in [-0.25, -0.2) is 4.68 Å². The number of aromatic nitrogens is 2. The summed E-state index contributed by atoms with van der Waals surface area (Å²) in [5, 5.41) is 7.81. The van der Waals surface area contributed by atoms with Crippen molar-refractivity contribution >= 4 is 0 Å². The minimum atomic E-state index is 0.761. The lowest BCUT2D eigenvalue weighted by atomic mass is 10.1. The van der Waals surface area contributed by atoms with E-state index in [9.17, 15) is 0 Å². The molecule has 4 nitrogen and oxygen atoms in total. The Bertz CT molecular complexity index is 561. The Hall–Kier alpha value is -1.81. The predicted octanol–water partition coefficient (Wildman–Crippen LogP) is 2.34. The van der Waals surface area contributed by atoms with Crippen LogP contribution in [0.2, 0.25) is 0 Å². The molecule has 0 fully saturated rings. The van der Waals surface area contributed by atoms with Gasteiger partial charge in [-0.3, -0.25) is 0 Å². The molecule has 1 aromatic heterocycles. The number of nitrogens with zero attached hydrogens (tertiary/aromatic N) is 2. The molecule has 0 atom stereocenters. The molecule has 0 amide bonds. The molecular weight excluding hydrogens is 238 g/mol. The zero-order chi connectivity index (χ0) is 13.8. The highest BCUT2D eigenvalue weighted by Gasteiger charge is 2.12. The number of hydrogen-bond donors (Lipinski definition) is 1. The molecule has 0 aliphatic rings. The molecule has 0 saturated heterocycles. The first-order valence-electron chi connectivity index (χ1n) is 6.44. The third-order valence-electron chi connectivity index (χ3n) is 3.20. The maximum Gasteiger partial charge on any atom is 0.216 e. The van der Waals surface area contributed by atoms with E-state index in [0.717, 1.165) is 30.2 Å². The van der Waals surface area contributed by atoms with Crippen LogP contribution >= 0.6 is 0 Å². The zero-order valence-electron chi connectivity index (χ0n) is 12.0. The first-order chi connectivity index (χ1) is 9.11. The first-order valence-corrected chi connectivity index (χ1v) is 6.44.